The molecule has 0 aromatic rings. The Morgan fingerprint density at radius 1 is 1.00 bits per heavy atom. The number of hydrogen-bond donors (Lipinski definition) is 1. The van der Waals surface area contributed by atoms with Gasteiger partial charge >= 0.3 is 5.97 Å². The lowest BCUT2D eigenvalue weighted by Crippen LogP contribution is -2.33. The summed E-state index contributed by atoms with van der Waals surface area (Å²) in [5, 5.41) is 9.22. The average molecular weight is 258 g/mol. The second-order valence-corrected chi connectivity index (χ2v) is 11.6. The van der Waals surface area contributed by atoms with Crippen LogP contribution in [0.15, 0.2) is 0 Å². The van der Waals surface area contributed by atoms with E-state index in [1.807, 2.05) is 0 Å². The number of carboxylic acid groups (broad SMARTS) is 1. The van der Waals surface area contributed by atoms with Crippen LogP contribution in [0.25, 0.3) is 0 Å². The molecular weight excluding hydrogens is 228 g/mol. The second kappa shape index (κ2) is 8.73. The van der Waals surface area contributed by atoms with Gasteiger partial charge in [-0.25, -0.2) is 0 Å². The van der Waals surface area contributed by atoms with Crippen molar-refractivity contribution in [2.24, 2.45) is 0 Å². The van der Waals surface area contributed by atoms with Crippen molar-refractivity contribution in [3.05, 3.63) is 0 Å². The maximum atomic E-state index is 11.2. The molecule has 0 fully saturated rings. The lowest BCUT2D eigenvalue weighted by atomic mass is 10.1. The zero-order chi connectivity index (χ0) is 13.3. The minimum Gasteiger partial charge on any atom is -0.481 e. The van der Waals surface area contributed by atoms with Gasteiger partial charge in [0.1, 0.15) is 0 Å². The van der Waals surface area contributed by atoms with Crippen LogP contribution in [0.2, 0.25) is 25.2 Å². The van der Waals surface area contributed by atoms with Crippen LogP contribution in [0, 0.1) is 0 Å². The maximum Gasteiger partial charge on any atom is 0.303 e. The monoisotopic (exact) mass is 258 g/mol. The molecule has 0 saturated heterocycles. The molecule has 2 nitrogen and oxygen atoms in total. The zero-order valence-corrected chi connectivity index (χ0v) is 13.1. The molecule has 0 rings (SSSR count). The Hall–Kier alpha value is -0.313. The normalized spacial score (nSPS) is 13.6. The summed E-state index contributed by atoms with van der Waals surface area (Å²) in [5.74, 6) is -0.574. The summed E-state index contributed by atoms with van der Waals surface area (Å²) in [5.41, 5.74) is -0.0573. The van der Waals surface area contributed by atoms with Crippen molar-refractivity contribution in [2.75, 3.05) is 0 Å². The second-order valence-electron chi connectivity index (χ2n) is 6.17. The summed E-state index contributed by atoms with van der Waals surface area (Å²) in [6.07, 6.45) is 9.75. The van der Waals surface area contributed by atoms with Gasteiger partial charge in [0.2, 0.25) is 0 Å². The van der Waals surface area contributed by atoms with Crippen molar-refractivity contribution < 1.29 is 9.90 Å². The minimum atomic E-state index is -1.53. The number of aliphatic carboxylic acids is 1. The summed E-state index contributed by atoms with van der Waals surface area (Å²) in [6.45, 7) is 8.71. The Bertz CT molecular complexity index is 209. The van der Waals surface area contributed by atoms with Crippen molar-refractivity contribution in [3.63, 3.8) is 0 Å². The quantitative estimate of drug-likeness (QED) is 0.446. The molecule has 17 heavy (non-hydrogen) atoms. The summed E-state index contributed by atoms with van der Waals surface area (Å²) in [7, 11) is -1.53. The van der Waals surface area contributed by atoms with E-state index in [2.05, 4.69) is 26.6 Å². The maximum absolute atomic E-state index is 11.2. The van der Waals surface area contributed by atoms with E-state index in [0.29, 0.717) is 0 Å². The molecule has 0 aromatic heterocycles. The van der Waals surface area contributed by atoms with Gasteiger partial charge in [-0.05, 0) is 6.42 Å². The highest BCUT2D eigenvalue weighted by atomic mass is 28.3. The van der Waals surface area contributed by atoms with Gasteiger partial charge in [0.15, 0.2) is 0 Å². The number of unbranched alkanes of at least 4 members (excludes halogenated alkanes) is 6. The molecule has 0 aliphatic carbocycles. The molecule has 102 valence electrons. The Kier molecular flexibility index (Phi) is 8.57. The van der Waals surface area contributed by atoms with Crippen LogP contribution < -0.4 is 0 Å². The van der Waals surface area contributed by atoms with Crippen LogP contribution in [0.4, 0.5) is 0 Å². The summed E-state index contributed by atoms with van der Waals surface area (Å²) >= 11 is 0. The van der Waals surface area contributed by atoms with Crippen LogP contribution in [0.1, 0.15) is 58.3 Å². The highest BCUT2D eigenvalue weighted by Crippen LogP contribution is 2.28. The minimum absolute atomic E-state index is 0.0573. The van der Waals surface area contributed by atoms with Crippen molar-refractivity contribution in [1.29, 1.82) is 0 Å². The van der Waals surface area contributed by atoms with E-state index in [9.17, 15) is 9.90 Å². The molecule has 1 unspecified atom stereocenters. The standard InChI is InChI=1S/C14H30O2Si/c1-5-6-7-8-9-10-11-12-13(14(15)16)17(2,3)4/h13H,5-12H2,1-4H3,(H,15,16). The van der Waals surface area contributed by atoms with E-state index in [1.54, 1.807) is 0 Å². The van der Waals surface area contributed by atoms with Gasteiger partial charge in [0.05, 0.1) is 13.6 Å². The van der Waals surface area contributed by atoms with Gasteiger partial charge in [-0.1, -0.05) is 71.5 Å². The third-order valence-corrected chi connectivity index (χ3v) is 6.07. The van der Waals surface area contributed by atoms with E-state index < -0.39 is 14.0 Å². The van der Waals surface area contributed by atoms with Crippen molar-refractivity contribution in [1.82, 2.24) is 0 Å². The molecule has 0 amide bonds. The van der Waals surface area contributed by atoms with Gasteiger partial charge in [-0.2, -0.15) is 0 Å². The average Bonchev–Trinajstić information content (AvgIpc) is 2.19. The van der Waals surface area contributed by atoms with Crippen molar-refractivity contribution in [3.8, 4) is 0 Å². The van der Waals surface area contributed by atoms with Crippen molar-refractivity contribution >= 4 is 14.0 Å². The molecule has 0 heterocycles. The lowest BCUT2D eigenvalue weighted by Gasteiger charge is -2.24. The number of carbonyl (C=O) groups is 1. The zero-order valence-electron chi connectivity index (χ0n) is 12.1. The largest absolute Gasteiger partial charge is 0.481 e. The molecule has 1 atom stereocenters. The Morgan fingerprint density at radius 3 is 1.88 bits per heavy atom. The first kappa shape index (κ1) is 16.7. The predicted octanol–water partition coefficient (Wildman–Crippen LogP) is 4.92. The summed E-state index contributed by atoms with van der Waals surface area (Å²) in [4.78, 5) is 11.2. The van der Waals surface area contributed by atoms with Crippen LogP contribution in [0.3, 0.4) is 0 Å². The molecule has 3 heteroatoms. The molecule has 1 N–H and O–H groups in total. The first-order chi connectivity index (χ1) is 7.89. The Labute approximate surface area is 108 Å². The number of hydrogen-bond acceptors (Lipinski definition) is 1. The van der Waals surface area contributed by atoms with Gasteiger partial charge in [-0.15, -0.1) is 0 Å². The Balaban J connectivity index is 3.67. The molecule has 0 radical (unpaired) electrons. The van der Waals surface area contributed by atoms with Crippen LogP contribution in [0.5, 0.6) is 0 Å². The highest BCUT2D eigenvalue weighted by Gasteiger charge is 2.31. The van der Waals surface area contributed by atoms with E-state index in [-0.39, 0.29) is 5.54 Å². The first-order valence-electron chi connectivity index (χ1n) is 7.12. The van der Waals surface area contributed by atoms with Crippen LogP contribution in [-0.2, 0) is 4.79 Å². The molecule has 0 saturated carbocycles. The first-order valence-corrected chi connectivity index (χ1v) is 10.7. The van der Waals surface area contributed by atoms with Gasteiger partial charge in [-0.3, -0.25) is 4.79 Å². The number of rotatable bonds is 10. The summed E-state index contributed by atoms with van der Waals surface area (Å²) in [6, 6.07) is 0. The predicted molar refractivity (Wildman–Crippen MR) is 77.3 cm³/mol. The Morgan fingerprint density at radius 2 is 1.47 bits per heavy atom. The fraction of sp³-hybridized carbons (Fsp3) is 0.929. The van der Waals surface area contributed by atoms with E-state index in [4.69, 9.17) is 0 Å². The SMILES string of the molecule is CCCCCCCCCC(C(=O)O)[Si](C)(C)C. The van der Waals surface area contributed by atoms with E-state index >= 15 is 0 Å². The molecule has 0 aliphatic heterocycles. The van der Waals surface area contributed by atoms with Crippen molar-refractivity contribution in [2.45, 2.75) is 83.5 Å². The van der Waals surface area contributed by atoms with Gasteiger partial charge in [0.25, 0.3) is 0 Å². The smallest absolute Gasteiger partial charge is 0.303 e. The third-order valence-electron chi connectivity index (χ3n) is 3.44. The van der Waals surface area contributed by atoms with E-state index in [0.717, 1.165) is 12.8 Å². The van der Waals surface area contributed by atoms with Crippen LogP contribution >= 0.6 is 0 Å². The molecule has 0 spiro atoms. The molecule has 0 bridgehead atoms. The number of carboxylic acids is 1. The molecule has 0 aliphatic rings. The molecular formula is C14H30O2Si. The van der Waals surface area contributed by atoms with Gasteiger partial charge in [0, 0.05) is 0 Å². The highest BCUT2D eigenvalue weighted by molar-refractivity contribution is 6.80. The fourth-order valence-electron chi connectivity index (χ4n) is 2.23. The third kappa shape index (κ3) is 8.42. The topological polar surface area (TPSA) is 37.3 Å². The van der Waals surface area contributed by atoms with Crippen LogP contribution in [-0.4, -0.2) is 19.1 Å². The van der Waals surface area contributed by atoms with Gasteiger partial charge < -0.3 is 5.11 Å². The fourth-order valence-corrected chi connectivity index (χ4v) is 4.04. The van der Waals surface area contributed by atoms with E-state index in [1.165, 1.54) is 38.5 Å². The lowest BCUT2D eigenvalue weighted by molar-refractivity contribution is -0.137. The molecule has 0 aromatic carbocycles. The summed E-state index contributed by atoms with van der Waals surface area (Å²) < 4.78 is 0.